The summed E-state index contributed by atoms with van der Waals surface area (Å²) in [5, 5.41) is 3.26. The second kappa shape index (κ2) is 14.4. The van der Waals surface area contributed by atoms with Gasteiger partial charge >= 0.3 is 0 Å². The first kappa shape index (κ1) is 30.5. The highest BCUT2D eigenvalue weighted by atomic mass is 35.5. The summed E-state index contributed by atoms with van der Waals surface area (Å²) in [4.78, 5) is 28.5. The fraction of sp³-hybridized carbons (Fsp3) is 0.310. The van der Waals surface area contributed by atoms with Crippen molar-refractivity contribution < 1.29 is 18.0 Å². The van der Waals surface area contributed by atoms with Gasteiger partial charge in [0.25, 0.3) is 10.0 Å². The van der Waals surface area contributed by atoms with E-state index in [1.807, 2.05) is 44.2 Å². The maximum absolute atomic E-state index is 14.0. The Morgan fingerprint density at radius 3 is 2.18 bits per heavy atom. The van der Waals surface area contributed by atoms with E-state index in [1.165, 1.54) is 29.2 Å². The molecule has 39 heavy (non-hydrogen) atoms. The number of amides is 2. The van der Waals surface area contributed by atoms with Crippen LogP contribution in [0.2, 0.25) is 10.0 Å². The van der Waals surface area contributed by atoms with E-state index >= 15 is 0 Å². The predicted molar refractivity (Wildman–Crippen MR) is 157 cm³/mol. The number of carbonyl (C=O) groups is 2. The van der Waals surface area contributed by atoms with Crippen LogP contribution in [-0.2, 0) is 26.0 Å². The Labute approximate surface area is 240 Å². The molecule has 7 nitrogen and oxygen atoms in total. The minimum absolute atomic E-state index is 0.00240. The number of halogens is 2. The van der Waals surface area contributed by atoms with Crippen molar-refractivity contribution in [1.82, 2.24) is 10.2 Å². The number of rotatable bonds is 13. The zero-order valence-electron chi connectivity index (χ0n) is 22.0. The third-order valence-corrected chi connectivity index (χ3v) is 8.53. The molecule has 0 aliphatic heterocycles. The van der Waals surface area contributed by atoms with E-state index in [0.29, 0.717) is 19.4 Å². The molecule has 1 N–H and O–H groups in total. The normalized spacial score (nSPS) is 12.0. The molecule has 0 radical (unpaired) electrons. The second-order valence-electron chi connectivity index (χ2n) is 8.96. The van der Waals surface area contributed by atoms with Crippen LogP contribution >= 0.6 is 23.2 Å². The van der Waals surface area contributed by atoms with Crippen LogP contribution in [0, 0.1) is 0 Å². The van der Waals surface area contributed by atoms with Crippen LogP contribution < -0.4 is 9.62 Å². The molecule has 3 aromatic carbocycles. The highest BCUT2D eigenvalue weighted by Gasteiger charge is 2.34. The van der Waals surface area contributed by atoms with Gasteiger partial charge in [0.1, 0.15) is 12.6 Å². The lowest BCUT2D eigenvalue weighted by Gasteiger charge is -2.33. The molecule has 1 atom stereocenters. The van der Waals surface area contributed by atoms with Gasteiger partial charge in [-0.15, -0.1) is 0 Å². The van der Waals surface area contributed by atoms with Crippen molar-refractivity contribution in [2.75, 3.05) is 23.9 Å². The molecule has 0 saturated carbocycles. The molecule has 3 aromatic rings. The zero-order valence-corrected chi connectivity index (χ0v) is 24.3. The minimum Gasteiger partial charge on any atom is -0.354 e. The number of anilines is 1. The zero-order chi connectivity index (χ0) is 28.4. The van der Waals surface area contributed by atoms with E-state index in [0.717, 1.165) is 16.3 Å². The smallest absolute Gasteiger partial charge is 0.264 e. The summed E-state index contributed by atoms with van der Waals surface area (Å²) in [6, 6.07) is 21.1. The molecule has 0 aliphatic rings. The first-order valence-corrected chi connectivity index (χ1v) is 15.0. The number of benzene rings is 3. The topological polar surface area (TPSA) is 86.8 Å². The van der Waals surface area contributed by atoms with Crippen molar-refractivity contribution in [2.24, 2.45) is 0 Å². The third-order valence-electron chi connectivity index (χ3n) is 6.21. The summed E-state index contributed by atoms with van der Waals surface area (Å²) in [6.07, 6.45) is 1.60. The van der Waals surface area contributed by atoms with Crippen LogP contribution in [0.5, 0.6) is 0 Å². The third kappa shape index (κ3) is 7.97. The summed E-state index contributed by atoms with van der Waals surface area (Å²) in [5.41, 5.74) is 1.07. The summed E-state index contributed by atoms with van der Waals surface area (Å²) < 4.78 is 28.6. The number of hydrogen-bond donors (Lipinski definition) is 1. The summed E-state index contributed by atoms with van der Waals surface area (Å²) in [6.45, 7) is 3.90. The van der Waals surface area contributed by atoms with Gasteiger partial charge in [0.05, 0.1) is 15.6 Å². The molecule has 0 bridgehead atoms. The monoisotopic (exact) mass is 589 g/mol. The first-order valence-electron chi connectivity index (χ1n) is 12.8. The molecule has 0 spiro atoms. The Kier molecular flexibility index (Phi) is 11.2. The average molecular weight is 591 g/mol. The van der Waals surface area contributed by atoms with Crippen LogP contribution in [-0.4, -0.2) is 50.8 Å². The highest BCUT2D eigenvalue weighted by Crippen LogP contribution is 2.33. The molecular formula is C29H33Cl2N3O4S. The van der Waals surface area contributed by atoms with Crippen molar-refractivity contribution in [1.29, 1.82) is 0 Å². The van der Waals surface area contributed by atoms with Crippen molar-refractivity contribution in [3.8, 4) is 0 Å². The van der Waals surface area contributed by atoms with Gasteiger partial charge in [-0.3, -0.25) is 13.9 Å². The fourth-order valence-electron chi connectivity index (χ4n) is 4.17. The van der Waals surface area contributed by atoms with E-state index < -0.39 is 28.5 Å². The van der Waals surface area contributed by atoms with Gasteiger partial charge in [-0.2, -0.15) is 0 Å². The Hall–Kier alpha value is -3.07. The van der Waals surface area contributed by atoms with E-state index in [4.69, 9.17) is 23.2 Å². The van der Waals surface area contributed by atoms with Crippen LogP contribution in [0.15, 0.2) is 83.8 Å². The van der Waals surface area contributed by atoms with E-state index in [2.05, 4.69) is 5.32 Å². The van der Waals surface area contributed by atoms with Gasteiger partial charge in [-0.25, -0.2) is 8.42 Å². The van der Waals surface area contributed by atoms with Crippen molar-refractivity contribution in [3.63, 3.8) is 0 Å². The van der Waals surface area contributed by atoms with Crippen molar-refractivity contribution in [3.05, 3.63) is 94.5 Å². The van der Waals surface area contributed by atoms with Crippen molar-refractivity contribution >= 4 is 50.7 Å². The lowest BCUT2D eigenvalue weighted by Crippen LogP contribution is -2.53. The number of sulfonamides is 1. The molecule has 10 heteroatoms. The Morgan fingerprint density at radius 2 is 1.56 bits per heavy atom. The van der Waals surface area contributed by atoms with Gasteiger partial charge < -0.3 is 10.2 Å². The van der Waals surface area contributed by atoms with Gasteiger partial charge in [0, 0.05) is 18.1 Å². The predicted octanol–water partition coefficient (Wildman–Crippen LogP) is 5.56. The van der Waals surface area contributed by atoms with E-state index in [1.54, 1.807) is 24.3 Å². The standard InChI is InChI=1S/C29H33Cl2N3O4S/c1-3-18-32-29(36)26(4-2)33(19-17-22-11-7-5-8-12-22)28(35)21-34(27-20-23(30)15-16-25(27)31)39(37,38)24-13-9-6-10-14-24/h5-16,20,26H,3-4,17-19,21H2,1-2H3,(H,32,36)/t26-/m1/s1. The molecule has 0 aliphatic carbocycles. The van der Waals surface area contributed by atoms with Gasteiger partial charge in [-0.05, 0) is 55.2 Å². The first-order chi connectivity index (χ1) is 18.7. The van der Waals surface area contributed by atoms with Crippen LogP contribution in [0.4, 0.5) is 5.69 Å². The molecule has 0 fully saturated rings. The maximum atomic E-state index is 14.0. The number of hydrogen-bond acceptors (Lipinski definition) is 4. The number of nitrogens with one attached hydrogen (secondary N) is 1. The number of nitrogens with zero attached hydrogens (tertiary/aromatic N) is 2. The maximum Gasteiger partial charge on any atom is 0.264 e. The van der Waals surface area contributed by atoms with Gasteiger partial charge in [0.2, 0.25) is 11.8 Å². The fourth-order valence-corrected chi connectivity index (χ4v) is 6.05. The number of carbonyl (C=O) groups excluding carboxylic acids is 2. The van der Waals surface area contributed by atoms with Gasteiger partial charge in [-0.1, -0.05) is 85.6 Å². The molecule has 0 aromatic heterocycles. The molecule has 2 amide bonds. The summed E-state index contributed by atoms with van der Waals surface area (Å²) >= 11 is 12.6. The summed E-state index contributed by atoms with van der Waals surface area (Å²) in [7, 11) is -4.21. The largest absolute Gasteiger partial charge is 0.354 e. The van der Waals surface area contributed by atoms with Gasteiger partial charge in [0.15, 0.2) is 0 Å². The average Bonchev–Trinajstić information content (AvgIpc) is 2.94. The van der Waals surface area contributed by atoms with Crippen LogP contribution in [0.1, 0.15) is 32.3 Å². The van der Waals surface area contributed by atoms with Crippen molar-refractivity contribution in [2.45, 2.75) is 44.0 Å². The Morgan fingerprint density at radius 1 is 0.923 bits per heavy atom. The van der Waals surface area contributed by atoms with Crippen LogP contribution in [0.3, 0.4) is 0 Å². The second-order valence-corrected chi connectivity index (χ2v) is 11.7. The molecule has 3 rings (SSSR count). The van der Waals surface area contributed by atoms with E-state index in [-0.39, 0.29) is 33.1 Å². The van der Waals surface area contributed by atoms with Crippen LogP contribution in [0.25, 0.3) is 0 Å². The Balaban J connectivity index is 2.02. The molecule has 0 unspecified atom stereocenters. The lowest BCUT2D eigenvalue weighted by atomic mass is 10.1. The minimum atomic E-state index is -4.21. The molecule has 0 heterocycles. The Bertz CT molecular complexity index is 1360. The lowest BCUT2D eigenvalue weighted by molar-refractivity contribution is -0.139. The van der Waals surface area contributed by atoms with E-state index in [9.17, 15) is 18.0 Å². The quantitative estimate of drug-likeness (QED) is 0.282. The summed E-state index contributed by atoms with van der Waals surface area (Å²) in [5.74, 6) is -0.806. The molecule has 208 valence electrons. The highest BCUT2D eigenvalue weighted by molar-refractivity contribution is 7.92. The SMILES string of the molecule is CCCNC(=O)[C@@H](CC)N(CCc1ccccc1)C(=O)CN(c1cc(Cl)ccc1Cl)S(=O)(=O)c1ccccc1. The molecular weight excluding hydrogens is 557 g/mol. The molecule has 0 saturated heterocycles.